The minimum Gasteiger partial charge on any atom is -0.384 e. The molecule has 5 N–H and O–H groups in total. The average Bonchev–Trinajstić information content (AvgIpc) is 2.83. The van der Waals surface area contributed by atoms with Crippen molar-refractivity contribution in [3.63, 3.8) is 0 Å². The maximum atomic E-state index is 13.0. The molecule has 1 amide bonds. The smallest absolute Gasteiger partial charge is 0.277 e. The van der Waals surface area contributed by atoms with Crippen molar-refractivity contribution >= 4 is 27.5 Å². The van der Waals surface area contributed by atoms with Gasteiger partial charge in [0.25, 0.3) is 11.5 Å². The molecule has 1 atom stereocenters. The van der Waals surface area contributed by atoms with Crippen LogP contribution in [0.5, 0.6) is 0 Å². The van der Waals surface area contributed by atoms with Gasteiger partial charge in [-0.25, -0.2) is 8.42 Å². The molecule has 0 bridgehead atoms. The number of amides is 1. The van der Waals surface area contributed by atoms with E-state index in [4.69, 9.17) is 15.9 Å². The topological polar surface area (TPSA) is 156 Å². The Hall–Kier alpha value is -3.96. The molecule has 0 spiro atoms. The summed E-state index contributed by atoms with van der Waals surface area (Å²) in [4.78, 5) is 25.9. The van der Waals surface area contributed by atoms with E-state index in [0.29, 0.717) is 11.1 Å². The predicted octanol–water partition coefficient (Wildman–Crippen LogP) is 1.93. The molecule has 1 unspecified atom stereocenters. The number of ether oxygens (including phenoxy) is 1. The molecule has 0 aliphatic rings. The van der Waals surface area contributed by atoms with Crippen molar-refractivity contribution in [1.82, 2.24) is 9.88 Å². The Morgan fingerprint density at radius 2 is 1.74 bits per heavy atom. The van der Waals surface area contributed by atoms with Gasteiger partial charge in [-0.1, -0.05) is 54.6 Å². The first-order chi connectivity index (χ1) is 16.7. The number of sulfonamides is 1. The first kappa shape index (κ1) is 25.7. The zero-order valence-electron chi connectivity index (χ0n) is 19.1. The summed E-state index contributed by atoms with van der Waals surface area (Å²) in [5.41, 5.74) is 6.42. The molecule has 1 aromatic heterocycles. The molecule has 35 heavy (non-hydrogen) atoms. The Bertz CT molecular complexity index is 1340. The highest BCUT2D eigenvalue weighted by Gasteiger charge is 2.23. The summed E-state index contributed by atoms with van der Waals surface area (Å²) in [7, 11) is -3.87. The number of nitrogens with two attached hydrogens (primary N) is 1. The molecule has 0 saturated carbocycles. The summed E-state index contributed by atoms with van der Waals surface area (Å²) < 4.78 is 34.1. The van der Waals surface area contributed by atoms with Crippen LogP contribution in [0, 0.1) is 5.41 Å². The second-order valence-electron chi connectivity index (χ2n) is 7.62. The minimum absolute atomic E-state index is 0.0596. The summed E-state index contributed by atoms with van der Waals surface area (Å²) in [5, 5.41) is 10.1. The molecule has 0 saturated heterocycles. The fourth-order valence-electron chi connectivity index (χ4n) is 3.29. The van der Waals surface area contributed by atoms with Crippen molar-refractivity contribution < 1.29 is 17.9 Å². The number of carbonyl (C=O) groups is 1. The lowest BCUT2D eigenvalue weighted by atomic mass is 10.1. The second kappa shape index (κ2) is 11.4. The van der Waals surface area contributed by atoms with Gasteiger partial charge in [0.15, 0.2) is 0 Å². The van der Waals surface area contributed by atoms with Gasteiger partial charge in [-0.05, 0) is 30.2 Å². The second-order valence-corrected chi connectivity index (χ2v) is 9.34. The van der Waals surface area contributed by atoms with E-state index in [0.717, 1.165) is 10.1 Å². The molecule has 0 radical (unpaired) electrons. The zero-order chi connectivity index (χ0) is 25.4. The number of nitrogen functional groups attached to an aromatic ring is 1. The van der Waals surface area contributed by atoms with E-state index in [1.54, 1.807) is 61.5 Å². The number of pyridine rings is 1. The average molecular weight is 498 g/mol. The molecule has 10 nitrogen and oxygen atoms in total. The zero-order valence-corrected chi connectivity index (χ0v) is 19.9. The van der Waals surface area contributed by atoms with Crippen LogP contribution in [0.4, 0.5) is 5.69 Å². The quantitative estimate of drug-likeness (QED) is 0.234. The Morgan fingerprint density at radius 3 is 2.37 bits per heavy atom. The number of anilines is 1. The van der Waals surface area contributed by atoms with Crippen LogP contribution in [0.3, 0.4) is 0 Å². The number of benzene rings is 2. The maximum Gasteiger partial charge on any atom is 0.277 e. The summed E-state index contributed by atoms with van der Waals surface area (Å²) in [6, 6.07) is 18.1. The van der Waals surface area contributed by atoms with Crippen LogP contribution >= 0.6 is 0 Å². The molecular weight excluding hydrogens is 470 g/mol. The normalized spacial score (nSPS) is 12.0. The molecule has 1 heterocycles. The van der Waals surface area contributed by atoms with Crippen LogP contribution in [-0.2, 0) is 31.9 Å². The Morgan fingerprint density at radius 1 is 1.06 bits per heavy atom. The third-order valence-corrected chi connectivity index (χ3v) is 6.22. The first-order valence-corrected chi connectivity index (χ1v) is 12.4. The van der Waals surface area contributed by atoms with Gasteiger partial charge in [0.05, 0.1) is 5.75 Å². The molecular formula is C24H27N5O5S. The molecule has 11 heteroatoms. The third-order valence-electron chi connectivity index (χ3n) is 4.97. The Labute approximate surface area is 203 Å². The highest BCUT2D eigenvalue weighted by atomic mass is 32.2. The van der Waals surface area contributed by atoms with Gasteiger partial charge in [0, 0.05) is 24.9 Å². The third kappa shape index (κ3) is 7.01. The monoisotopic (exact) mass is 497 g/mol. The molecule has 0 fully saturated rings. The van der Waals surface area contributed by atoms with Gasteiger partial charge in [0.2, 0.25) is 16.3 Å². The lowest BCUT2D eigenvalue weighted by Crippen LogP contribution is -2.39. The van der Waals surface area contributed by atoms with Crippen molar-refractivity contribution in [1.29, 1.82) is 5.41 Å². The predicted molar refractivity (Wildman–Crippen MR) is 133 cm³/mol. The van der Waals surface area contributed by atoms with Crippen molar-refractivity contribution in [3.05, 3.63) is 100.0 Å². The van der Waals surface area contributed by atoms with Crippen LogP contribution < -0.4 is 21.3 Å². The summed E-state index contributed by atoms with van der Waals surface area (Å²) >= 11 is 0. The molecule has 2 aromatic carbocycles. The SMILES string of the molecule is CCOC(C(=O)NCc1ccc(C(=N)N)cc1)n1cccc(NS(=O)(=O)Cc2ccccc2)c1=O. The molecule has 0 aliphatic heterocycles. The van der Waals surface area contributed by atoms with E-state index in [9.17, 15) is 18.0 Å². The lowest BCUT2D eigenvalue weighted by Gasteiger charge is -2.20. The number of nitrogens with zero attached hydrogens (tertiary/aromatic N) is 1. The van der Waals surface area contributed by atoms with E-state index < -0.39 is 27.7 Å². The molecule has 3 aromatic rings. The van der Waals surface area contributed by atoms with Crippen molar-refractivity contribution in [2.75, 3.05) is 11.3 Å². The van der Waals surface area contributed by atoms with E-state index in [1.165, 1.54) is 18.3 Å². The Balaban J connectivity index is 1.76. The van der Waals surface area contributed by atoms with E-state index in [-0.39, 0.29) is 30.4 Å². The molecule has 184 valence electrons. The van der Waals surface area contributed by atoms with Crippen LogP contribution in [0.25, 0.3) is 0 Å². The van der Waals surface area contributed by atoms with Crippen molar-refractivity contribution in [3.8, 4) is 0 Å². The van der Waals surface area contributed by atoms with E-state index in [1.807, 2.05) is 0 Å². The standard InChI is InChI=1S/C24H27N5O5S/c1-2-34-24(22(30)27-15-17-10-12-19(13-11-17)21(25)26)29-14-6-9-20(23(29)31)28-35(32,33)16-18-7-4-3-5-8-18/h3-14,24,28H,2,15-16H2,1H3,(H3,25,26)(H,27,30). The fraction of sp³-hybridized carbons (Fsp3) is 0.208. The maximum absolute atomic E-state index is 13.0. The van der Waals surface area contributed by atoms with Gasteiger partial charge in [-0.15, -0.1) is 0 Å². The largest absolute Gasteiger partial charge is 0.384 e. The highest BCUT2D eigenvalue weighted by Crippen LogP contribution is 2.13. The highest BCUT2D eigenvalue weighted by molar-refractivity contribution is 7.91. The van der Waals surface area contributed by atoms with E-state index in [2.05, 4.69) is 10.0 Å². The van der Waals surface area contributed by atoms with Gasteiger partial charge in [-0.3, -0.25) is 24.3 Å². The number of hydrogen-bond acceptors (Lipinski definition) is 6. The number of carbonyl (C=O) groups excluding carboxylic acids is 1. The summed E-state index contributed by atoms with van der Waals surface area (Å²) in [6.45, 7) is 1.97. The lowest BCUT2D eigenvalue weighted by molar-refractivity contribution is -0.139. The van der Waals surface area contributed by atoms with Gasteiger partial charge >= 0.3 is 0 Å². The summed E-state index contributed by atoms with van der Waals surface area (Å²) in [6.07, 6.45) is 0.0568. The van der Waals surface area contributed by atoms with Gasteiger partial charge in [-0.2, -0.15) is 0 Å². The summed E-state index contributed by atoms with van der Waals surface area (Å²) in [5.74, 6) is -0.940. The van der Waals surface area contributed by atoms with Crippen LogP contribution in [0.2, 0.25) is 0 Å². The Kier molecular flexibility index (Phi) is 8.39. The molecule has 3 rings (SSSR count). The van der Waals surface area contributed by atoms with Crippen molar-refractivity contribution in [2.24, 2.45) is 5.73 Å². The first-order valence-electron chi connectivity index (χ1n) is 10.8. The van der Waals surface area contributed by atoms with Crippen molar-refractivity contribution in [2.45, 2.75) is 25.4 Å². The van der Waals surface area contributed by atoms with Crippen LogP contribution in [0.15, 0.2) is 77.7 Å². The number of rotatable bonds is 11. The number of amidine groups is 1. The van der Waals surface area contributed by atoms with Crippen LogP contribution in [-0.4, -0.2) is 31.3 Å². The van der Waals surface area contributed by atoms with E-state index >= 15 is 0 Å². The minimum atomic E-state index is -3.87. The number of hydrogen-bond donors (Lipinski definition) is 4. The van der Waals surface area contributed by atoms with Gasteiger partial charge in [0.1, 0.15) is 11.5 Å². The van der Waals surface area contributed by atoms with Gasteiger partial charge < -0.3 is 15.8 Å². The number of nitrogens with one attached hydrogen (secondary N) is 3. The molecule has 0 aliphatic carbocycles. The number of aromatic nitrogens is 1. The van der Waals surface area contributed by atoms with Crippen LogP contribution in [0.1, 0.15) is 29.8 Å². The fourth-order valence-corrected chi connectivity index (χ4v) is 4.48.